The van der Waals surface area contributed by atoms with E-state index in [9.17, 15) is 4.39 Å². The Morgan fingerprint density at radius 2 is 1.88 bits per heavy atom. The molecule has 1 rings (SSSR count). The molecule has 0 unspecified atom stereocenters. The summed E-state index contributed by atoms with van der Waals surface area (Å²) in [6, 6.07) is 6.75. The molecule has 0 atom stereocenters. The molecule has 0 radical (unpaired) electrons. The van der Waals surface area contributed by atoms with Crippen molar-refractivity contribution in [3.63, 3.8) is 0 Å². The average Bonchev–Trinajstić information content (AvgIpc) is 2.32. The van der Waals surface area contributed by atoms with Crippen LogP contribution in [0.25, 0.3) is 0 Å². The second kappa shape index (κ2) is 7.36. The topological polar surface area (TPSA) is 29.3 Å². The summed E-state index contributed by atoms with van der Waals surface area (Å²) in [5.74, 6) is -0.167. The molecular weight excluding hydrogens is 203 g/mol. The summed E-state index contributed by atoms with van der Waals surface area (Å²) in [5.41, 5.74) is 6.67. The van der Waals surface area contributed by atoms with Gasteiger partial charge in [0.1, 0.15) is 5.82 Å². The Bertz CT molecular complexity index is 284. The Morgan fingerprint density at radius 1 is 1.19 bits per heavy atom. The zero-order chi connectivity index (χ0) is 11.8. The van der Waals surface area contributed by atoms with Crippen LogP contribution in [0.4, 0.5) is 4.39 Å². The van der Waals surface area contributed by atoms with Crippen molar-refractivity contribution in [1.29, 1.82) is 0 Å². The van der Waals surface area contributed by atoms with E-state index in [-0.39, 0.29) is 5.82 Å². The summed E-state index contributed by atoms with van der Waals surface area (Å²) in [6.07, 6.45) is 2.01. The second-order valence-electron chi connectivity index (χ2n) is 3.95. The number of halogens is 1. The zero-order valence-corrected chi connectivity index (χ0v) is 9.95. The van der Waals surface area contributed by atoms with Gasteiger partial charge in [-0.3, -0.25) is 0 Å². The SMILES string of the molecule is CCN(CCCN)CCc1ccc(F)cc1. The van der Waals surface area contributed by atoms with Crippen LogP contribution in [-0.2, 0) is 6.42 Å². The molecule has 1 aromatic carbocycles. The Morgan fingerprint density at radius 3 is 2.44 bits per heavy atom. The van der Waals surface area contributed by atoms with E-state index in [0.717, 1.165) is 39.0 Å². The minimum Gasteiger partial charge on any atom is -0.330 e. The minimum atomic E-state index is -0.167. The first-order valence-corrected chi connectivity index (χ1v) is 5.93. The van der Waals surface area contributed by atoms with E-state index in [2.05, 4.69) is 11.8 Å². The van der Waals surface area contributed by atoms with Crippen molar-refractivity contribution in [1.82, 2.24) is 4.90 Å². The maximum atomic E-state index is 12.7. The zero-order valence-electron chi connectivity index (χ0n) is 9.95. The highest BCUT2D eigenvalue weighted by Crippen LogP contribution is 2.04. The third-order valence-electron chi connectivity index (χ3n) is 2.76. The first kappa shape index (κ1) is 13.1. The van der Waals surface area contributed by atoms with Gasteiger partial charge in [0, 0.05) is 6.54 Å². The van der Waals surface area contributed by atoms with E-state index < -0.39 is 0 Å². The molecule has 0 heterocycles. The Labute approximate surface area is 97.3 Å². The van der Waals surface area contributed by atoms with Gasteiger partial charge >= 0.3 is 0 Å². The van der Waals surface area contributed by atoms with Gasteiger partial charge in [-0.15, -0.1) is 0 Å². The number of rotatable bonds is 7. The van der Waals surface area contributed by atoms with Crippen LogP contribution in [0.2, 0.25) is 0 Å². The Kier molecular flexibility index (Phi) is 6.04. The normalized spacial score (nSPS) is 11.0. The highest BCUT2D eigenvalue weighted by molar-refractivity contribution is 5.16. The fraction of sp³-hybridized carbons (Fsp3) is 0.538. The lowest BCUT2D eigenvalue weighted by atomic mass is 10.1. The number of likely N-dealkylation sites (N-methyl/N-ethyl adjacent to an activating group) is 1. The maximum absolute atomic E-state index is 12.7. The van der Waals surface area contributed by atoms with Crippen molar-refractivity contribution in [2.45, 2.75) is 19.8 Å². The predicted octanol–water partition coefficient (Wildman–Crippen LogP) is 2.04. The number of hydrogen-bond donors (Lipinski definition) is 1. The van der Waals surface area contributed by atoms with Gasteiger partial charge in [-0.25, -0.2) is 4.39 Å². The third kappa shape index (κ3) is 4.73. The van der Waals surface area contributed by atoms with Gasteiger partial charge in [0.2, 0.25) is 0 Å². The van der Waals surface area contributed by atoms with Gasteiger partial charge in [0.25, 0.3) is 0 Å². The van der Waals surface area contributed by atoms with Gasteiger partial charge in [-0.05, 0) is 50.2 Å². The fourth-order valence-corrected chi connectivity index (χ4v) is 1.68. The third-order valence-corrected chi connectivity index (χ3v) is 2.76. The van der Waals surface area contributed by atoms with Crippen LogP contribution < -0.4 is 5.73 Å². The highest BCUT2D eigenvalue weighted by Gasteiger charge is 2.02. The number of benzene rings is 1. The lowest BCUT2D eigenvalue weighted by molar-refractivity contribution is 0.290. The Hall–Kier alpha value is -0.930. The minimum absolute atomic E-state index is 0.167. The molecule has 0 aliphatic heterocycles. The number of nitrogens with two attached hydrogens (primary N) is 1. The maximum Gasteiger partial charge on any atom is 0.123 e. The summed E-state index contributed by atoms with van der Waals surface area (Å²) in [4.78, 5) is 2.37. The van der Waals surface area contributed by atoms with Crippen LogP contribution in [-0.4, -0.2) is 31.1 Å². The number of nitrogens with zero attached hydrogens (tertiary/aromatic N) is 1. The molecule has 0 saturated heterocycles. The molecular formula is C13H21FN2. The van der Waals surface area contributed by atoms with Crippen molar-refractivity contribution >= 4 is 0 Å². The molecule has 0 amide bonds. The summed E-state index contributed by atoms with van der Waals surface area (Å²) in [5, 5.41) is 0. The predicted molar refractivity (Wildman–Crippen MR) is 65.9 cm³/mol. The molecule has 0 aromatic heterocycles. The molecule has 0 fully saturated rings. The molecule has 16 heavy (non-hydrogen) atoms. The van der Waals surface area contributed by atoms with Crippen molar-refractivity contribution < 1.29 is 4.39 Å². The molecule has 0 bridgehead atoms. The fourth-order valence-electron chi connectivity index (χ4n) is 1.68. The molecule has 0 aliphatic carbocycles. The highest BCUT2D eigenvalue weighted by atomic mass is 19.1. The summed E-state index contributed by atoms with van der Waals surface area (Å²) >= 11 is 0. The van der Waals surface area contributed by atoms with Gasteiger partial charge in [0.05, 0.1) is 0 Å². The number of hydrogen-bond acceptors (Lipinski definition) is 2. The van der Waals surface area contributed by atoms with Crippen LogP contribution in [0.3, 0.4) is 0 Å². The summed E-state index contributed by atoms with van der Waals surface area (Å²) < 4.78 is 12.7. The smallest absolute Gasteiger partial charge is 0.123 e. The van der Waals surface area contributed by atoms with E-state index in [0.29, 0.717) is 0 Å². The first-order valence-electron chi connectivity index (χ1n) is 5.93. The van der Waals surface area contributed by atoms with E-state index in [1.54, 1.807) is 0 Å². The molecule has 1 aromatic rings. The lowest BCUT2D eigenvalue weighted by Gasteiger charge is -2.19. The van der Waals surface area contributed by atoms with E-state index >= 15 is 0 Å². The average molecular weight is 224 g/mol. The first-order chi connectivity index (χ1) is 7.76. The molecule has 0 aliphatic rings. The molecule has 2 nitrogen and oxygen atoms in total. The van der Waals surface area contributed by atoms with Crippen molar-refractivity contribution in [2.75, 3.05) is 26.2 Å². The molecule has 0 saturated carbocycles. The second-order valence-corrected chi connectivity index (χ2v) is 3.95. The molecule has 0 spiro atoms. The molecule has 2 N–H and O–H groups in total. The summed E-state index contributed by atoms with van der Waals surface area (Å²) in [7, 11) is 0. The van der Waals surface area contributed by atoms with E-state index in [1.165, 1.54) is 17.7 Å². The van der Waals surface area contributed by atoms with Crippen molar-refractivity contribution in [3.8, 4) is 0 Å². The van der Waals surface area contributed by atoms with Gasteiger partial charge < -0.3 is 10.6 Å². The van der Waals surface area contributed by atoms with Crippen LogP contribution in [0.15, 0.2) is 24.3 Å². The summed E-state index contributed by atoms with van der Waals surface area (Å²) in [6.45, 7) is 6.01. The largest absolute Gasteiger partial charge is 0.330 e. The standard InChI is InChI=1S/C13H21FN2/c1-2-16(10-3-9-15)11-8-12-4-6-13(14)7-5-12/h4-7H,2-3,8-11,15H2,1H3. The van der Waals surface area contributed by atoms with Gasteiger partial charge in [-0.1, -0.05) is 19.1 Å². The van der Waals surface area contributed by atoms with Crippen LogP contribution in [0, 0.1) is 5.82 Å². The quantitative estimate of drug-likeness (QED) is 0.768. The monoisotopic (exact) mass is 224 g/mol. The van der Waals surface area contributed by atoms with Crippen LogP contribution in [0.1, 0.15) is 18.9 Å². The van der Waals surface area contributed by atoms with Gasteiger partial charge in [-0.2, -0.15) is 0 Å². The van der Waals surface area contributed by atoms with E-state index in [4.69, 9.17) is 5.73 Å². The molecule has 3 heteroatoms. The van der Waals surface area contributed by atoms with Gasteiger partial charge in [0.15, 0.2) is 0 Å². The van der Waals surface area contributed by atoms with Crippen LogP contribution in [0.5, 0.6) is 0 Å². The Balaban J connectivity index is 2.34. The molecule has 90 valence electrons. The van der Waals surface area contributed by atoms with Crippen molar-refractivity contribution in [3.05, 3.63) is 35.6 Å². The lowest BCUT2D eigenvalue weighted by Crippen LogP contribution is -2.28. The van der Waals surface area contributed by atoms with Crippen molar-refractivity contribution in [2.24, 2.45) is 5.73 Å². The van der Waals surface area contributed by atoms with E-state index in [1.807, 2.05) is 12.1 Å². The van der Waals surface area contributed by atoms with Crippen LogP contribution >= 0.6 is 0 Å².